The molecule has 0 spiro atoms. The normalized spacial score (nSPS) is 26.9. The molecule has 1 heterocycles. The number of rotatable bonds is 2. The van der Waals surface area contributed by atoms with Gasteiger partial charge in [0, 0.05) is 6.61 Å². The summed E-state index contributed by atoms with van der Waals surface area (Å²) in [5.41, 5.74) is 4.38. The van der Waals surface area contributed by atoms with E-state index in [1.165, 1.54) is 18.4 Å². The molecule has 1 saturated heterocycles. The maximum absolute atomic E-state index is 6.18. The lowest BCUT2D eigenvalue weighted by Crippen LogP contribution is -2.33. The molecule has 0 saturated carbocycles. The summed E-state index contributed by atoms with van der Waals surface area (Å²) in [6, 6.07) is 17.4. The smallest absolute Gasteiger partial charge is 0.118 e. The van der Waals surface area contributed by atoms with Crippen LogP contribution in [0.3, 0.4) is 0 Å². The van der Waals surface area contributed by atoms with E-state index in [1.807, 2.05) is 12.1 Å². The highest BCUT2D eigenvalue weighted by Gasteiger charge is 2.38. The predicted octanol–water partition coefficient (Wildman–Crippen LogP) is 4.50. The summed E-state index contributed by atoms with van der Waals surface area (Å²) in [6.45, 7) is 0.853. The Balaban J connectivity index is 1.65. The summed E-state index contributed by atoms with van der Waals surface area (Å²) in [4.78, 5) is 0. The minimum atomic E-state index is 0.220. The molecule has 22 heavy (non-hydrogen) atoms. The number of hydrogen-bond acceptors (Lipinski definition) is 2. The minimum Gasteiger partial charge on any atom is -0.497 e. The van der Waals surface area contributed by atoms with E-state index in [0.29, 0.717) is 11.8 Å². The fourth-order valence-corrected chi connectivity index (χ4v) is 4.19. The lowest BCUT2D eigenvalue weighted by Gasteiger charge is -2.42. The van der Waals surface area contributed by atoms with Gasteiger partial charge >= 0.3 is 0 Å². The maximum atomic E-state index is 6.18. The van der Waals surface area contributed by atoms with Crippen LogP contribution in [0.1, 0.15) is 41.6 Å². The van der Waals surface area contributed by atoms with Crippen LogP contribution in [0.5, 0.6) is 5.75 Å². The molecule has 0 bridgehead atoms. The zero-order valence-electron chi connectivity index (χ0n) is 13.0. The highest BCUT2D eigenvalue weighted by atomic mass is 16.5. The highest BCUT2D eigenvalue weighted by molar-refractivity contribution is 5.36. The second kappa shape index (κ2) is 5.77. The number of hydrogen-bond donors (Lipinski definition) is 0. The van der Waals surface area contributed by atoms with Gasteiger partial charge < -0.3 is 9.47 Å². The summed E-state index contributed by atoms with van der Waals surface area (Å²) >= 11 is 0. The average molecular weight is 294 g/mol. The van der Waals surface area contributed by atoms with Crippen LogP contribution in [0.4, 0.5) is 0 Å². The van der Waals surface area contributed by atoms with Gasteiger partial charge in [-0.1, -0.05) is 36.4 Å². The first-order valence-electron chi connectivity index (χ1n) is 8.20. The first-order valence-corrected chi connectivity index (χ1v) is 8.20. The van der Waals surface area contributed by atoms with Gasteiger partial charge in [-0.25, -0.2) is 0 Å². The van der Waals surface area contributed by atoms with Crippen molar-refractivity contribution in [2.45, 2.75) is 31.3 Å². The number of benzene rings is 2. The van der Waals surface area contributed by atoms with Crippen LogP contribution < -0.4 is 4.74 Å². The van der Waals surface area contributed by atoms with Gasteiger partial charge in [0.25, 0.3) is 0 Å². The first kappa shape index (κ1) is 13.8. The molecular weight excluding hydrogens is 272 g/mol. The van der Waals surface area contributed by atoms with Crippen molar-refractivity contribution in [2.24, 2.45) is 5.92 Å². The topological polar surface area (TPSA) is 18.5 Å². The Morgan fingerprint density at radius 3 is 2.64 bits per heavy atom. The van der Waals surface area contributed by atoms with E-state index in [2.05, 4.69) is 36.4 Å². The molecular formula is C20H22O2. The van der Waals surface area contributed by atoms with Gasteiger partial charge in [0.1, 0.15) is 5.75 Å². The number of aryl methyl sites for hydroxylation is 1. The SMILES string of the molecule is COc1ccc([C@H]2OCC[C@H]3c4ccccc4CC[C@@H]23)cc1. The third kappa shape index (κ3) is 2.32. The monoisotopic (exact) mass is 294 g/mol. The van der Waals surface area contributed by atoms with E-state index in [9.17, 15) is 0 Å². The molecule has 1 aliphatic heterocycles. The summed E-state index contributed by atoms with van der Waals surface area (Å²) in [7, 11) is 1.71. The quantitative estimate of drug-likeness (QED) is 0.811. The van der Waals surface area contributed by atoms with Gasteiger partial charge in [0.05, 0.1) is 13.2 Å². The fourth-order valence-electron chi connectivity index (χ4n) is 4.19. The Morgan fingerprint density at radius 1 is 1.00 bits per heavy atom. The first-order chi connectivity index (χ1) is 10.9. The zero-order valence-corrected chi connectivity index (χ0v) is 13.0. The van der Waals surface area contributed by atoms with Crippen molar-refractivity contribution in [3.05, 3.63) is 65.2 Å². The third-order valence-electron chi connectivity index (χ3n) is 5.28. The van der Waals surface area contributed by atoms with E-state index < -0.39 is 0 Å². The van der Waals surface area contributed by atoms with E-state index in [-0.39, 0.29) is 6.10 Å². The molecule has 2 aromatic rings. The molecule has 2 aromatic carbocycles. The lowest BCUT2D eigenvalue weighted by molar-refractivity contribution is -0.0459. The lowest BCUT2D eigenvalue weighted by atomic mass is 9.69. The largest absolute Gasteiger partial charge is 0.497 e. The second-order valence-corrected chi connectivity index (χ2v) is 6.36. The summed E-state index contributed by atoms with van der Waals surface area (Å²) in [5, 5.41) is 0. The van der Waals surface area contributed by atoms with Crippen molar-refractivity contribution in [3.8, 4) is 5.75 Å². The van der Waals surface area contributed by atoms with Crippen LogP contribution in [0.2, 0.25) is 0 Å². The summed E-state index contributed by atoms with van der Waals surface area (Å²) < 4.78 is 11.5. The van der Waals surface area contributed by atoms with E-state index in [0.717, 1.165) is 18.8 Å². The molecule has 1 aliphatic carbocycles. The van der Waals surface area contributed by atoms with Crippen LogP contribution in [0, 0.1) is 5.92 Å². The number of fused-ring (bicyclic) bond motifs is 3. The van der Waals surface area contributed by atoms with Gasteiger partial charge in [-0.15, -0.1) is 0 Å². The zero-order chi connectivity index (χ0) is 14.9. The van der Waals surface area contributed by atoms with Gasteiger partial charge in [-0.3, -0.25) is 0 Å². The van der Waals surface area contributed by atoms with Crippen LogP contribution in [-0.2, 0) is 11.2 Å². The number of methoxy groups -OCH3 is 1. The molecule has 2 aliphatic rings. The van der Waals surface area contributed by atoms with Gasteiger partial charge in [-0.05, 0) is 59.9 Å². The summed E-state index contributed by atoms with van der Waals surface area (Å²) in [6.07, 6.45) is 3.76. The van der Waals surface area contributed by atoms with Crippen molar-refractivity contribution in [1.82, 2.24) is 0 Å². The molecule has 1 fully saturated rings. The van der Waals surface area contributed by atoms with Crippen LogP contribution in [0.25, 0.3) is 0 Å². The molecule has 114 valence electrons. The molecule has 0 amide bonds. The molecule has 0 unspecified atom stereocenters. The van der Waals surface area contributed by atoms with Crippen molar-refractivity contribution in [3.63, 3.8) is 0 Å². The molecule has 0 aromatic heterocycles. The van der Waals surface area contributed by atoms with E-state index >= 15 is 0 Å². The Bertz CT molecular complexity index is 647. The molecule has 2 heteroatoms. The fraction of sp³-hybridized carbons (Fsp3) is 0.400. The molecule has 4 rings (SSSR count). The minimum absolute atomic E-state index is 0.220. The standard InChI is InChI=1S/C20H22O2/c1-21-16-9-6-15(7-10-16)20-19-11-8-14-4-2-3-5-17(14)18(19)12-13-22-20/h2-7,9-10,18-20H,8,11-13H2,1H3/t18-,19+,20+/m0/s1. The van der Waals surface area contributed by atoms with E-state index in [1.54, 1.807) is 18.2 Å². The van der Waals surface area contributed by atoms with Crippen LogP contribution in [-0.4, -0.2) is 13.7 Å². The Morgan fingerprint density at radius 2 is 1.82 bits per heavy atom. The number of ether oxygens (including phenoxy) is 2. The average Bonchev–Trinajstić information content (AvgIpc) is 2.61. The maximum Gasteiger partial charge on any atom is 0.118 e. The van der Waals surface area contributed by atoms with Crippen molar-refractivity contribution < 1.29 is 9.47 Å². The van der Waals surface area contributed by atoms with Crippen LogP contribution in [0.15, 0.2) is 48.5 Å². The Hall–Kier alpha value is -1.80. The third-order valence-corrected chi connectivity index (χ3v) is 5.28. The van der Waals surface area contributed by atoms with Gasteiger partial charge in [0.2, 0.25) is 0 Å². The molecule has 2 nitrogen and oxygen atoms in total. The second-order valence-electron chi connectivity index (χ2n) is 6.36. The molecule has 0 N–H and O–H groups in total. The molecule has 0 radical (unpaired) electrons. The Labute approximate surface area is 132 Å². The van der Waals surface area contributed by atoms with Gasteiger partial charge in [0.15, 0.2) is 0 Å². The predicted molar refractivity (Wildman–Crippen MR) is 87.3 cm³/mol. The van der Waals surface area contributed by atoms with Crippen molar-refractivity contribution in [2.75, 3.05) is 13.7 Å². The van der Waals surface area contributed by atoms with Crippen molar-refractivity contribution >= 4 is 0 Å². The van der Waals surface area contributed by atoms with Crippen LogP contribution >= 0.6 is 0 Å². The Kier molecular flexibility index (Phi) is 3.63. The van der Waals surface area contributed by atoms with Gasteiger partial charge in [-0.2, -0.15) is 0 Å². The summed E-state index contributed by atoms with van der Waals surface area (Å²) in [5.74, 6) is 2.15. The van der Waals surface area contributed by atoms with Crippen molar-refractivity contribution in [1.29, 1.82) is 0 Å². The molecule has 3 atom stereocenters. The highest BCUT2D eigenvalue weighted by Crippen LogP contribution is 2.48. The van der Waals surface area contributed by atoms with E-state index in [4.69, 9.17) is 9.47 Å².